The molecular formula is C46H49N5O5. The molecule has 1 fully saturated rings. The molecule has 56 heavy (non-hydrogen) atoms. The average Bonchev–Trinajstić information content (AvgIpc) is 3.64. The third-order valence-corrected chi connectivity index (χ3v) is 10.3. The van der Waals surface area contributed by atoms with Crippen molar-refractivity contribution < 1.29 is 24.2 Å². The summed E-state index contributed by atoms with van der Waals surface area (Å²) in [6.45, 7) is 1.05. The molecule has 10 nitrogen and oxygen atoms in total. The van der Waals surface area contributed by atoms with Gasteiger partial charge in [-0.05, 0) is 64.9 Å². The number of aliphatic hydroxyl groups is 1. The highest BCUT2D eigenvalue weighted by Crippen LogP contribution is 2.39. The molecule has 288 valence electrons. The number of aromatic nitrogens is 2. The van der Waals surface area contributed by atoms with Crippen LogP contribution in [0.1, 0.15) is 79.6 Å². The van der Waals surface area contributed by atoms with Crippen molar-refractivity contribution in [2.24, 2.45) is 0 Å². The number of imidazole rings is 1. The molecule has 6 aromatic rings. The van der Waals surface area contributed by atoms with Crippen molar-refractivity contribution >= 4 is 34.2 Å². The quantitative estimate of drug-likeness (QED) is 0.0574. The molecule has 0 spiro atoms. The number of benzene rings is 5. The van der Waals surface area contributed by atoms with Crippen molar-refractivity contribution in [2.75, 3.05) is 11.1 Å². The molecule has 0 saturated carbocycles. The number of hydrogen-bond donors (Lipinski definition) is 4. The lowest BCUT2D eigenvalue weighted by Crippen LogP contribution is -2.32. The Morgan fingerprint density at radius 1 is 0.768 bits per heavy atom. The summed E-state index contributed by atoms with van der Waals surface area (Å²) in [6, 6.07) is 39.6. The maximum absolute atomic E-state index is 12.8. The van der Waals surface area contributed by atoms with Crippen LogP contribution in [0.3, 0.4) is 0 Å². The van der Waals surface area contributed by atoms with E-state index in [-0.39, 0.29) is 30.6 Å². The molecule has 1 aliphatic heterocycles. The van der Waals surface area contributed by atoms with Gasteiger partial charge >= 0.3 is 0 Å². The lowest BCUT2D eigenvalue weighted by atomic mass is 9.97. The van der Waals surface area contributed by atoms with E-state index in [0.29, 0.717) is 43.7 Å². The van der Waals surface area contributed by atoms with Gasteiger partial charge in [0.2, 0.25) is 11.8 Å². The molecule has 7 rings (SSSR count). The number of aliphatic hydroxyl groups excluding tert-OH is 1. The first-order valence-electron chi connectivity index (χ1n) is 19.4. The summed E-state index contributed by atoms with van der Waals surface area (Å²) in [7, 11) is 0. The topological polar surface area (TPSA) is 141 Å². The number of para-hydroxylation sites is 4. The molecule has 3 atom stereocenters. The third-order valence-electron chi connectivity index (χ3n) is 10.3. The second kappa shape index (κ2) is 18.7. The van der Waals surface area contributed by atoms with Gasteiger partial charge in [0.05, 0.1) is 54.1 Å². The molecule has 0 radical (unpaired) electrons. The zero-order valence-corrected chi connectivity index (χ0v) is 31.5. The number of carbonyl (C=O) groups is 2. The van der Waals surface area contributed by atoms with E-state index in [4.69, 9.17) is 15.2 Å². The summed E-state index contributed by atoms with van der Waals surface area (Å²) < 4.78 is 15.4. The van der Waals surface area contributed by atoms with Gasteiger partial charge < -0.3 is 35.5 Å². The van der Waals surface area contributed by atoms with Crippen LogP contribution in [0.2, 0.25) is 0 Å². The smallest absolute Gasteiger partial charge is 0.224 e. The fraction of sp³-hybridized carbons (Fsp3) is 0.283. The number of anilines is 2. The largest absolute Gasteiger partial charge is 0.397 e. The number of nitrogen functional groups attached to an aromatic ring is 1. The number of nitrogens with one attached hydrogen (secondary N) is 2. The first kappa shape index (κ1) is 38.5. The van der Waals surface area contributed by atoms with E-state index in [1.165, 1.54) is 0 Å². The van der Waals surface area contributed by atoms with Gasteiger partial charge in [-0.15, -0.1) is 0 Å². The minimum Gasteiger partial charge on any atom is -0.397 e. The van der Waals surface area contributed by atoms with E-state index in [2.05, 4.69) is 56.6 Å². The summed E-state index contributed by atoms with van der Waals surface area (Å²) in [5, 5.41) is 15.6. The molecule has 0 bridgehead atoms. The minimum atomic E-state index is -0.583. The SMILES string of the molecule is Nc1ccccc1NC(=O)CCCCCCC(=O)NCc1ccccc1-c1ccc(C2OC(Cn3cnc4ccccc43)CC(c3ccc(CO)cc3)O2)cc1. The molecule has 3 unspecified atom stereocenters. The number of hydrogen-bond acceptors (Lipinski definition) is 7. The number of nitrogens with two attached hydrogens (primary N) is 1. The van der Waals surface area contributed by atoms with Gasteiger partial charge in [0, 0.05) is 31.4 Å². The zero-order chi connectivity index (χ0) is 38.7. The molecule has 2 heterocycles. The van der Waals surface area contributed by atoms with Gasteiger partial charge in [-0.1, -0.05) is 110 Å². The van der Waals surface area contributed by atoms with Gasteiger partial charge in [0.15, 0.2) is 6.29 Å². The van der Waals surface area contributed by atoms with Crippen LogP contribution >= 0.6 is 0 Å². The van der Waals surface area contributed by atoms with E-state index in [1.807, 2.05) is 79.1 Å². The van der Waals surface area contributed by atoms with Gasteiger partial charge in [-0.3, -0.25) is 9.59 Å². The highest BCUT2D eigenvalue weighted by atomic mass is 16.7. The van der Waals surface area contributed by atoms with Gasteiger partial charge in [-0.25, -0.2) is 4.98 Å². The number of rotatable bonds is 16. The Balaban J connectivity index is 0.934. The van der Waals surface area contributed by atoms with Crippen LogP contribution in [0.4, 0.5) is 11.4 Å². The van der Waals surface area contributed by atoms with Gasteiger partial charge in [0.1, 0.15) is 0 Å². The Bertz CT molecular complexity index is 2220. The molecule has 0 aliphatic carbocycles. The molecule has 5 aromatic carbocycles. The Kier molecular flexibility index (Phi) is 12.8. The predicted octanol–water partition coefficient (Wildman–Crippen LogP) is 8.62. The first-order chi connectivity index (χ1) is 27.4. The number of ether oxygens (including phenoxy) is 2. The van der Waals surface area contributed by atoms with Crippen LogP contribution in [-0.2, 0) is 38.8 Å². The van der Waals surface area contributed by atoms with E-state index in [0.717, 1.165) is 70.1 Å². The Morgan fingerprint density at radius 3 is 2.25 bits per heavy atom. The van der Waals surface area contributed by atoms with Crippen molar-refractivity contribution in [1.29, 1.82) is 0 Å². The van der Waals surface area contributed by atoms with Crippen LogP contribution in [0.5, 0.6) is 0 Å². The minimum absolute atomic E-state index is 0.00727. The Labute approximate surface area is 327 Å². The monoisotopic (exact) mass is 751 g/mol. The van der Waals surface area contributed by atoms with Crippen LogP contribution < -0.4 is 16.4 Å². The van der Waals surface area contributed by atoms with Crippen molar-refractivity contribution in [2.45, 2.75) is 83.1 Å². The van der Waals surface area contributed by atoms with Crippen molar-refractivity contribution in [3.63, 3.8) is 0 Å². The Morgan fingerprint density at radius 2 is 1.46 bits per heavy atom. The molecular weight excluding hydrogens is 703 g/mol. The Hall–Kier alpha value is -5.81. The van der Waals surface area contributed by atoms with Crippen LogP contribution in [0.15, 0.2) is 128 Å². The van der Waals surface area contributed by atoms with Gasteiger partial charge in [-0.2, -0.15) is 0 Å². The number of carbonyl (C=O) groups excluding carboxylic acids is 2. The number of nitrogens with zero attached hydrogens (tertiary/aromatic N) is 2. The average molecular weight is 752 g/mol. The zero-order valence-electron chi connectivity index (χ0n) is 31.5. The fourth-order valence-electron chi connectivity index (χ4n) is 7.21. The van der Waals surface area contributed by atoms with E-state index in [1.54, 1.807) is 12.1 Å². The van der Waals surface area contributed by atoms with E-state index >= 15 is 0 Å². The standard InChI is InChI=1S/C46H49N5O5/c47-39-13-7-8-14-40(39)50-45(54)18-4-2-1-3-17-44(53)48-28-36-11-5-6-12-38(36)33-23-25-35(26-24-33)46-55-37(29-51-31-49-41-15-9-10-16-42(41)51)27-43(56-46)34-21-19-32(30-52)20-22-34/h5-16,19-26,31,37,43,46,52H,1-4,17-18,27-30,47H2,(H,48,53)(H,50,54). The number of fused-ring (bicyclic) bond motifs is 1. The van der Waals surface area contributed by atoms with Crippen LogP contribution in [0.25, 0.3) is 22.2 Å². The van der Waals surface area contributed by atoms with E-state index < -0.39 is 6.29 Å². The summed E-state index contributed by atoms with van der Waals surface area (Å²) in [5.41, 5.74) is 15.0. The normalized spacial score (nSPS) is 16.8. The van der Waals surface area contributed by atoms with Crippen LogP contribution in [0, 0.1) is 0 Å². The highest BCUT2D eigenvalue weighted by Gasteiger charge is 2.32. The summed E-state index contributed by atoms with van der Waals surface area (Å²) in [6.07, 6.45) is 5.76. The molecule has 1 aromatic heterocycles. The first-order valence-corrected chi connectivity index (χ1v) is 19.4. The number of amides is 2. The van der Waals surface area contributed by atoms with Crippen molar-refractivity contribution in [1.82, 2.24) is 14.9 Å². The lowest BCUT2D eigenvalue weighted by Gasteiger charge is -2.36. The van der Waals surface area contributed by atoms with Crippen LogP contribution in [-0.4, -0.2) is 32.6 Å². The molecule has 1 aliphatic rings. The molecule has 1 saturated heterocycles. The van der Waals surface area contributed by atoms with Crippen molar-refractivity contribution in [3.05, 3.63) is 150 Å². The maximum atomic E-state index is 12.8. The molecule has 5 N–H and O–H groups in total. The second-order valence-electron chi connectivity index (χ2n) is 14.3. The third kappa shape index (κ3) is 9.89. The summed E-state index contributed by atoms with van der Waals surface area (Å²) in [4.78, 5) is 29.6. The number of unbranched alkanes of at least 4 members (excludes halogenated alkanes) is 3. The fourth-order valence-corrected chi connectivity index (χ4v) is 7.21. The molecule has 2 amide bonds. The van der Waals surface area contributed by atoms with Gasteiger partial charge in [0.25, 0.3) is 0 Å². The summed E-state index contributed by atoms with van der Waals surface area (Å²) in [5.74, 6) is -0.0400. The predicted molar refractivity (Wildman–Crippen MR) is 219 cm³/mol. The highest BCUT2D eigenvalue weighted by molar-refractivity contribution is 5.93. The molecule has 10 heteroatoms. The second-order valence-corrected chi connectivity index (χ2v) is 14.3. The van der Waals surface area contributed by atoms with E-state index in [9.17, 15) is 14.7 Å². The summed E-state index contributed by atoms with van der Waals surface area (Å²) >= 11 is 0. The maximum Gasteiger partial charge on any atom is 0.224 e. The lowest BCUT2D eigenvalue weighted by molar-refractivity contribution is -0.252. The van der Waals surface area contributed by atoms with Crippen molar-refractivity contribution in [3.8, 4) is 11.1 Å².